The monoisotopic (exact) mass is 545 g/mol. The summed E-state index contributed by atoms with van der Waals surface area (Å²) in [4.78, 5) is 20.9. The van der Waals surface area contributed by atoms with Crippen LogP contribution < -0.4 is 20.5 Å². The first-order valence-electron chi connectivity index (χ1n) is 12.0. The lowest BCUT2D eigenvalue weighted by Crippen LogP contribution is -2.34. The van der Waals surface area contributed by atoms with Crippen LogP contribution >= 0.6 is 0 Å². The Morgan fingerprint density at radius 1 is 1.13 bits per heavy atom. The van der Waals surface area contributed by atoms with Gasteiger partial charge in [-0.2, -0.15) is 9.35 Å². The summed E-state index contributed by atoms with van der Waals surface area (Å²) in [6.45, 7) is 3.97. The number of fused-ring (bicyclic) bond motifs is 6. The predicted octanol–water partition coefficient (Wildman–Crippen LogP) is 4.43. The Hall–Kier alpha value is -3.64. The average molecular weight is 546 g/mol. The lowest BCUT2D eigenvalue weighted by atomic mass is 10.0. The predicted molar refractivity (Wildman–Crippen MR) is 141 cm³/mol. The molecule has 1 aliphatic heterocycles. The summed E-state index contributed by atoms with van der Waals surface area (Å²) >= 11 is 0. The van der Waals surface area contributed by atoms with E-state index in [0.29, 0.717) is 23.4 Å². The minimum absolute atomic E-state index is 0.0543. The molecule has 1 aliphatic rings. The largest absolute Gasteiger partial charge is 0.493 e. The van der Waals surface area contributed by atoms with Crippen molar-refractivity contribution in [3.05, 3.63) is 59.8 Å². The van der Waals surface area contributed by atoms with Gasteiger partial charge in [0.15, 0.2) is 0 Å². The number of ether oxygens (including phenoxy) is 2. The van der Waals surface area contributed by atoms with Gasteiger partial charge in [0.05, 0.1) is 40.9 Å². The van der Waals surface area contributed by atoms with Crippen LogP contribution in [0, 0.1) is 17.6 Å². The van der Waals surface area contributed by atoms with Gasteiger partial charge in [0, 0.05) is 35.9 Å². The number of halogens is 2. The number of amides is 1. The highest BCUT2D eigenvalue weighted by Gasteiger charge is 2.20. The molecule has 0 radical (unpaired) electrons. The van der Waals surface area contributed by atoms with Crippen molar-refractivity contribution in [3.63, 3.8) is 0 Å². The molecule has 0 spiro atoms. The first-order valence-corrected chi connectivity index (χ1v) is 14.1. The van der Waals surface area contributed by atoms with E-state index in [2.05, 4.69) is 19.6 Å². The Labute approximate surface area is 220 Å². The second-order valence-electron chi connectivity index (χ2n) is 9.37. The van der Waals surface area contributed by atoms with Gasteiger partial charge in [-0.25, -0.2) is 18.0 Å². The third-order valence-corrected chi connectivity index (χ3v) is 7.16. The zero-order chi connectivity index (χ0) is 27.4. The fraction of sp³-hybridized carbons (Fsp3) is 0.346. The Bertz CT molecular complexity index is 1470. The summed E-state index contributed by atoms with van der Waals surface area (Å²) in [6, 6.07) is 7.73. The summed E-state index contributed by atoms with van der Waals surface area (Å²) in [7, 11) is -2.97. The molecule has 1 unspecified atom stereocenters. The fourth-order valence-corrected chi connectivity index (χ4v) is 5.11. The quantitative estimate of drug-likeness (QED) is 0.493. The molecule has 2 atom stereocenters. The van der Waals surface area contributed by atoms with Crippen molar-refractivity contribution in [2.45, 2.75) is 32.1 Å². The van der Waals surface area contributed by atoms with Gasteiger partial charge in [0.2, 0.25) is 5.88 Å². The fourth-order valence-electron chi connectivity index (χ4n) is 3.76. The van der Waals surface area contributed by atoms with E-state index in [1.165, 1.54) is 30.5 Å². The maximum Gasteiger partial charge on any atom is 0.270 e. The highest BCUT2D eigenvalue weighted by molar-refractivity contribution is 7.92. The van der Waals surface area contributed by atoms with Gasteiger partial charge in [-0.15, -0.1) is 0 Å². The number of hydrogen-bond acceptors (Lipinski definition) is 8. The van der Waals surface area contributed by atoms with E-state index in [1.807, 2.05) is 0 Å². The number of nitrogens with zero attached hydrogens (tertiary/aromatic N) is 3. The number of aromatic nitrogens is 2. The zero-order valence-corrected chi connectivity index (χ0v) is 22.1. The Kier molecular flexibility index (Phi) is 8.22. The summed E-state index contributed by atoms with van der Waals surface area (Å²) < 4.78 is 57.3. The smallest absolute Gasteiger partial charge is 0.270 e. The summed E-state index contributed by atoms with van der Waals surface area (Å²) in [5.74, 6) is -0.945. The second kappa shape index (κ2) is 11.4. The summed E-state index contributed by atoms with van der Waals surface area (Å²) in [6.07, 6.45) is 2.86. The van der Waals surface area contributed by atoms with E-state index < -0.39 is 33.3 Å². The van der Waals surface area contributed by atoms with Crippen LogP contribution in [0.25, 0.3) is 11.1 Å². The average Bonchev–Trinajstić information content (AvgIpc) is 2.83. The molecule has 0 fully saturated rings. The highest BCUT2D eigenvalue weighted by atomic mass is 32.2. The molecule has 38 heavy (non-hydrogen) atoms. The molecule has 202 valence electrons. The van der Waals surface area contributed by atoms with Gasteiger partial charge in [0.25, 0.3) is 5.91 Å². The van der Waals surface area contributed by atoms with E-state index in [4.69, 9.17) is 15.2 Å². The number of hydrogen-bond donors (Lipinski definition) is 2. The van der Waals surface area contributed by atoms with Crippen molar-refractivity contribution in [1.82, 2.24) is 9.97 Å². The van der Waals surface area contributed by atoms with Crippen LogP contribution in [0.1, 0.15) is 25.8 Å². The minimum Gasteiger partial charge on any atom is -0.493 e. The number of nitrogens with one attached hydrogen (secondary N) is 1. The van der Waals surface area contributed by atoms with Crippen LogP contribution in [-0.2, 0) is 20.3 Å². The van der Waals surface area contributed by atoms with E-state index in [-0.39, 0.29) is 47.9 Å². The molecule has 3 heterocycles. The van der Waals surface area contributed by atoms with Crippen LogP contribution in [0.3, 0.4) is 0 Å². The molecule has 0 saturated heterocycles. The number of benzene rings is 1. The van der Waals surface area contributed by atoms with E-state index >= 15 is 0 Å². The minimum atomic E-state index is -2.97. The molecule has 4 bridgehead atoms. The Morgan fingerprint density at radius 3 is 2.66 bits per heavy atom. The second-order valence-corrected chi connectivity index (χ2v) is 11.8. The van der Waals surface area contributed by atoms with E-state index in [1.54, 1.807) is 26.0 Å². The van der Waals surface area contributed by atoms with Crippen molar-refractivity contribution in [3.8, 4) is 22.8 Å². The van der Waals surface area contributed by atoms with Crippen LogP contribution in [0.5, 0.6) is 11.6 Å². The molecule has 1 amide bonds. The Morgan fingerprint density at radius 2 is 1.89 bits per heavy atom. The van der Waals surface area contributed by atoms with Gasteiger partial charge in [-0.3, -0.25) is 4.79 Å². The number of rotatable bonds is 4. The van der Waals surface area contributed by atoms with Gasteiger partial charge >= 0.3 is 0 Å². The SMILES string of the molecule is CC(C)[C@@H](N)C(=O)N=S(C)(=O)Cc1cc2nc(c1)OCCCOc1cc(F)ccc1-c1cc(ncc1F)N2. The van der Waals surface area contributed by atoms with Gasteiger partial charge < -0.3 is 20.5 Å². The molecular formula is C26H29F2N5O4S. The van der Waals surface area contributed by atoms with Crippen LogP contribution in [-0.4, -0.2) is 45.6 Å². The molecule has 9 nitrogen and oxygen atoms in total. The van der Waals surface area contributed by atoms with Gasteiger partial charge in [0.1, 0.15) is 29.0 Å². The molecule has 0 aliphatic carbocycles. The summed E-state index contributed by atoms with van der Waals surface area (Å²) in [5.41, 5.74) is 6.95. The van der Waals surface area contributed by atoms with E-state index in [9.17, 15) is 17.8 Å². The maximum atomic E-state index is 14.8. The lowest BCUT2D eigenvalue weighted by molar-refractivity contribution is -0.119. The summed E-state index contributed by atoms with van der Waals surface area (Å²) in [5, 5.41) is 3.01. The van der Waals surface area contributed by atoms with Gasteiger partial charge in [-0.1, -0.05) is 13.8 Å². The molecule has 3 aromatic rings. The standard InChI is InChI=1S/C26H29F2N5O4S/c1-15(2)25(29)26(34)33-38(3,35)14-16-9-23-31-22-12-19(20(28)13-30-22)18-6-5-17(27)11-21(18)36-7-4-8-37-24(10-16)32-23/h5-6,9-13,15,25H,4,7-8,14,29H2,1-3H3,(H,30,31,32)/t25-,38?/m1/s1. The number of carbonyl (C=O) groups excluding carboxylic acids is 1. The number of nitrogens with two attached hydrogens (primary N) is 1. The molecule has 4 rings (SSSR count). The molecule has 12 heteroatoms. The van der Waals surface area contributed by atoms with E-state index in [0.717, 1.165) is 6.20 Å². The van der Waals surface area contributed by atoms with Crippen molar-refractivity contribution in [2.75, 3.05) is 24.8 Å². The van der Waals surface area contributed by atoms with Crippen LogP contribution in [0.4, 0.5) is 20.4 Å². The normalized spacial score (nSPS) is 15.6. The zero-order valence-electron chi connectivity index (χ0n) is 21.2. The van der Waals surface area contributed by atoms with Crippen molar-refractivity contribution in [1.29, 1.82) is 0 Å². The third kappa shape index (κ3) is 6.81. The first kappa shape index (κ1) is 27.4. The van der Waals surface area contributed by atoms with Crippen molar-refractivity contribution < 1.29 is 27.3 Å². The Balaban J connectivity index is 1.71. The van der Waals surface area contributed by atoms with Crippen LogP contribution in [0.2, 0.25) is 0 Å². The lowest BCUT2D eigenvalue weighted by Gasteiger charge is -2.16. The molecular weight excluding hydrogens is 516 g/mol. The first-order chi connectivity index (χ1) is 18.0. The van der Waals surface area contributed by atoms with Crippen molar-refractivity contribution >= 4 is 27.3 Å². The maximum absolute atomic E-state index is 14.8. The van der Waals surface area contributed by atoms with Crippen molar-refractivity contribution in [2.24, 2.45) is 16.0 Å². The topological polar surface area (TPSA) is 129 Å². The number of pyridine rings is 2. The highest BCUT2D eigenvalue weighted by Crippen LogP contribution is 2.34. The van der Waals surface area contributed by atoms with Gasteiger partial charge in [-0.05, 0) is 35.7 Å². The number of anilines is 2. The number of carbonyl (C=O) groups is 1. The molecule has 2 aromatic heterocycles. The molecule has 3 N–H and O–H groups in total. The third-order valence-electron chi connectivity index (χ3n) is 5.72. The van der Waals surface area contributed by atoms with Crippen LogP contribution in [0.15, 0.2) is 47.0 Å². The molecule has 1 aromatic carbocycles. The molecule has 0 saturated carbocycles.